The molecule has 3 atom stereocenters. The van der Waals surface area contributed by atoms with Gasteiger partial charge in [0.05, 0.1) is 4.32 Å². The van der Waals surface area contributed by atoms with Crippen LogP contribution >= 0.6 is 31.9 Å². The zero-order chi connectivity index (χ0) is 10.1. The Bertz CT molecular complexity index is 280. The minimum absolute atomic E-state index is 0.119. The predicted octanol–water partition coefficient (Wildman–Crippen LogP) is 3.29. The number of hydrogen-bond donors (Lipinski definition) is 0. The van der Waals surface area contributed by atoms with Crippen LogP contribution in [0.15, 0.2) is 0 Å². The van der Waals surface area contributed by atoms with Gasteiger partial charge in [-0.25, -0.2) is 0 Å². The Kier molecular flexibility index (Phi) is 1.88. The van der Waals surface area contributed by atoms with Crippen molar-refractivity contribution in [1.82, 2.24) is 0 Å². The molecule has 74 valence electrons. The lowest BCUT2D eigenvalue weighted by atomic mass is 9.66. The summed E-state index contributed by atoms with van der Waals surface area (Å²) >= 11 is 7.32. The summed E-state index contributed by atoms with van der Waals surface area (Å²) in [7, 11) is 0. The van der Waals surface area contributed by atoms with Gasteiger partial charge in [0, 0.05) is 10.2 Å². The molecular formula is C10H14Br2O. The first-order valence-electron chi connectivity index (χ1n) is 4.65. The molecule has 0 saturated heterocycles. The van der Waals surface area contributed by atoms with Crippen LogP contribution in [0.4, 0.5) is 0 Å². The second-order valence-electron chi connectivity index (χ2n) is 5.10. The van der Waals surface area contributed by atoms with Gasteiger partial charge in [-0.2, -0.15) is 0 Å². The summed E-state index contributed by atoms with van der Waals surface area (Å²) in [6, 6.07) is 0. The molecule has 3 heteroatoms. The Morgan fingerprint density at radius 3 is 2.08 bits per heavy atom. The van der Waals surface area contributed by atoms with Gasteiger partial charge in [-0.05, 0) is 18.3 Å². The number of ketones is 1. The summed E-state index contributed by atoms with van der Waals surface area (Å²) in [5.74, 6) is 0.371. The van der Waals surface area contributed by atoms with Crippen LogP contribution in [0.1, 0.15) is 33.6 Å². The first-order valence-corrected chi connectivity index (χ1v) is 6.35. The number of rotatable bonds is 0. The molecule has 0 unspecified atom stereocenters. The van der Waals surface area contributed by atoms with E-state index in [0.717, 1.165) is 12.8 Å². The van der Waals surface area contributed by atoms with E-state index in [4.69, 9.17) is 0 Å². The van der Waals surface area contributed by atoms with Crippen LogP contribution in [0.5, 0.6) is 0 Å². The van der Waals surface area contributed by atoms with Crippen LogP contribution in [-0.4, -0.2) is 14.9 Å². The first kappa shape index (κ1) is 10.2. The second-order valence-corrected chi connectivity index (χ2v) is 7.43. The zero-order valence-corrected chi connectivity index (χ0v) is 11.3. The maximum atomic E-state index is 12.1. The Balaban J connectivity index is 2.59. The van der Waals surface area contributed by atoms with Gasteiger partial charge < -0.3 is 0 Å². The largest absolute Gasteiger partial charge is 0.297 e. The van der Waals surface area contributed by atoms with E-state index in [0.29, 0.717) is 5.78 Å². The molecule has 13 heavy (non-hydrogen) atoms. The summed E-state index contributed by atoms with van der Waals surface area (Å²) < 4.78 is -0.286. The summed E-state index contributed by atoms with van der Waals surface area (Å²) in [6.45, 7) is 6.37. The lowest BCUT2D eigenvalue weighted by Crippen LogP contribution is -2.41. The van der Waals surface area contributed by atoms with Gasteiger partial charge >= 0.3 is 0 Å². The highest BCUT2D eigenvalue weighted by molar-refractivity contribution is 9.13. The number of halogens is 2. The SMILES string of the molecule is CC1(C)C(=O)[C@@]2(Br)CC[C@]1(C)[C@H]2Br. The summed E-state index contributed by atoms with van der Waals surface area (Å²) in [6.07, 6.45) is 2.11. The van der Waals surface area contributed by atoms with Gasteiger partial charge in [0.15, 0.2) is 5.78 Å². The van der Waals surface area contributed by atoms with Crippen LogP contribution < -0.4 is 0 Å². The van der Waals surface area contributed by atoms with Gasteiger partial charge in [-0.15, -0.1) is 0 Å². The standard InChI is InChI=1S/C10H14Br2O/c1-8(2)7(13)10(12)5-4-9(8,3)6(10)11/h6H,4-5H2,1-3H3/t6-,9-,10-/m1/s1. The fraction of sp³-hybridized carbons (Fsp3) is 0.900. The fourth-order valence-corrected chi connectivity index (χ4v) is 5.27. The molecule has 0 heterocycles. The maximum absolute atomic E-state index is 12.1. The average molecular weight is 310 g/mol. The van der Waals surface area contributed by atoms with Crippen molar-refractivity contribution in [2.75, 3.05) is 0 Å². The van der Waals surface area contributed by atoms with Crippen LogP contribution in [-0.2, 0) is 4.79 Å². The molecule has 2 aliphatic carbocycles. The molecule has 2 aliphatic rings. The molecule has 0 aliphatic heterocycles. The van der Waals surface area contributed by atoms with Gasteiger partial charge in [-0.1, -0.05) is 52.6 Å². The highest BCUT2D eigenvalue weighted by atomic mass is 79.9. The third-order valence-corrected chi connectivity index (χ3v) is 7.96. The quantitative estimate of drug-likeness (QED) is 0.628. The molecule has 0 aromatic carbocycles. The van der Waals surface area contributed by atoms with Gasteiger partial charge in [-0.3, -0.25) is 4.79 Å². The van der Waals surface area contributed by atoms with Crippen molar-refractivity contribution in [3.63, 3.8) is 0 Å². The maximum Gasteiger partial charge on any atom is 0.156 e. The molecule has 2 saturated carbocycles. The van der Waals surface area contributed by atoms with E-state index in [1.165, 1.54) is 0 Å². The number of fused-ring (bicyclic) bond motifs is 2. The first-order chi connectivity index (χ1) is 5.77. The minimum Gasteiger partial charge on any atom is -0.297 e. The molecule has 0 aromatic heterocycles. The van der Waals surface area contributed by atoms with Crippen LogP contribution in [0, 0.1) is 10.8 Å². The fourth-order valence-electron chi connectivity index (χ4n) is 2.84. The number of alkyl halides is 2. The lowest BCUT2D eigenvalue weighted by molar-refractivity contribution is -0.131. The average Bonchev–Trinajstić information content (AvgIpc) is 2.34. The molecule has 1 nitrogen and oxygen atoms in total. The summed E-state index contributed by atoms with van der Waals surface area (Å²) in [4.78, 5) is 12.4. The highest BCUT2D eigenvalue weighted by Gasteiger charge is 2.72. The third kappa shape index (κ3) is 0.865. The van der Waals surface area contributed by atoms with E-state index >= 15 is 0 Å². The van der Waals surface area contributed by atoms with E-state index < -0.39 is 0 Å². The minimum atomic E-state index is -0.286. The van der Waals surface area contributed by atoms with Crippen molar-refractivity contribution in [1.29, 1.82) is 0 Å². The van der Waals surface area contributed by atoms with Crippen molar-refractivity contribution >= 4 is 37.6 Å². The van der Waals surface area contributed by atoms with Crippen molar-refractivity contribution < 1.29 is 4.79 Å². The zero-order valence-electron chi connectivity index (χ0n) is 8.16. The van der Waals surface area contributed by atoms with E-state index in [2.05, 4.69) is 52.6 Å². The monoisotopic (exact) mass is 308 g/mol. The third-order valence-electron chi connectivity index (χ3n) is 4.34. The van der Waals surface area contributed by atoms with E-state index in [1.54, 1.807) is 0 Å². The van der Waals surface area contributed by atoms with E-state index in [9.17, 15) is 4.79 Å². The molecule has 0 aromatic rings. The summed E-state index contributed by atoms with van der Waals surface area (Å²) in [5, 5.41) is 0. The van der Waals surface area contributed by atoms with Crippen LogP contribution in [0.3, 0.4) is 0 Å². The smallest absolute Gasteiger partial charge is 0.156 e. The Morgan fingerprint density at radius 2 is 1.85 bits per heavy atom. The van der Waals surface area contributed by atoms with Crippen molar-refractivity contribution in [2.45, 2.75) is 42.8 Å². The lowest BCUT2D eigenvalue weighted by Gasteiger charge is -2.38. The Hall–Kier alpha value is 0.630. The van der Waals surface area contributed by atoms with Gasteiger partial charge in [0.1, 0.15) is 0 Å². The van der Waals surface area contributed by atoms with Crippen molar-refractivity contribution in [3.8, 4) is 0 Å². The predicted molar refractivity (Wildman–Crippen MR) is 60.5 cm³/mol. The molecule has 0 amide bonds. The van der Waals surface area contributed by atoms with Crippen LogP contribution in [0.2, 0.25) is 0 Å². The number of hydrogen-bond acceptors (Lipinski definition) is 1. The Morgan fingerprint density at radius 1 is 1.31 bits per heavy atom. The molecule has 2 fully saturated rings. The number of carbonyl (C=O) groups excluding carboxylic acids is 1. The number of carbonyl (C=O) groups is 1. The molecule has 0 spiro atoms. The second kappa shape index (κ2) is 2.41. The van der Waals surface area contributed by atoms with E-state index in [-0.39, 0.29) is 20.0 Å². The topological polar surface area (TPSA) is 17.1 Å². The molecule has 0 N–H and O–H groups in total. The van der Waals surface area contributed by atoms with E-state index in [1.807, 2.05) is 0 Å². The normalized spacial score (nSPS) is 53.0. The highest BCUT2D eigenvalue weighted by Crippen LogP contribution is 2.68. The number of Topliss-reactive ketones (excluding diaryl/α,β-unsaturated/α-hetero) is 1. The van der Waals surface area contributed by atoms with Crippen molar-refractivity contribution in [3.05, 3.63) is 0 Å². The van der Waals surface area contributed by atoms with Gasteiger partial charge in [0.2, 0.25) is 0 Å². The molecular weight excluding hydrogens is 296 g/mol. The van der Waals surface area contributed by atoms with Crippen LogP contribution in [0.25, 0.3) is 0 Å². The summed E-state index contributed by atoms with van der Waals surface area (Å²) in [5.41, 5.74) is -0.0729. The van der Waals surface area contributed by atoms with Gasteiger partial charge in [0.25, 0.3) is 0 Å². The Labute approximate surface area is 95.9 Å². The molecule has 2 rings (SSSR count). The molecule has 0 radical (unpaired) electrons. The van der Waals surface area contributed by atoms with Crippen molar-refractivity contribution in [2.24, 2.45) is 10.8 Å². The molecule has 2 bridgehead atoms.